The smallest absolute Gasteiger partial charge is 0.296 e. The average Bonchev–Trinajstić information content (AvgIpc) is 3.08. The van der Waals surface area contributed by atoms with Crippen LogP contribution >= 0.6 is 11.3 Å². The lowest BCUT2D eigenvalue weighted by atomic mass is 10.1. The highest BCUT2D eigenvalue weighted by atomic mass is 32.1. The molecule has 0 bridgehead atoms. The van der Waals surface area contributed by atoms with Gasteiger partial charge in [0.15, 0.2) is 5.13 Å². The summed E-state index contributed by atoms with van der Waals surface area (Å²) < 4.78 is 18.2. The average molecular weight is 303 g/mol. The number of carbonyl (C=O) groups excluding carboxylic acids is 1. The number of thiazole rings is 1. The van der Waals surface area contributed by atoms with Gasteiger partial charge in [-0.1, -0.05) is 17.3 Å². The molecule has 106 valence electrons. The van der Waals surface area contributed by atoms with Gasteiger partial charge in [0, 0.05) is 22.7 Å². The van der Waals surface area contributed by atoms with Crippen molar-refractivity contribution < 1.29 is 13.7 Å². The number of halogens is 1. The summed E-state index contributed by atoms with van der Waals surface area (Å²) in [6, 6.07) is 7.38. The molecule has 2 aromatic heterocycles. The maximum absolute atomic E-state index is 13.2. The standard InChI is InChI=1S/C14H10FN3O2S/c1-8-7-16-14(21-8)17-13(19)12-6-11(18-20-12)9-3-2-4-10(15)5-9/h2-7H,1H3,(H,16,17,19). The second-order valence-electron chi connectivity index (χ2n) is 4.32. The summed E-state index contributed by atoms with van der Waals surface area (Å²) >= 11 is 1.36. The highest BCUT2D eigenvalue weighted by Gasteiger charge is 2.15. The molecule has 7 heteroatoms. The Bertz CT molecular complexity index is 797. The highest BCUT2D eigenvalue weighted by molar-refractivity contribution is 7.15. The second-order valence-corrected chi connectivity index (χ2v) is 5.55. The van der Waals surface area contributed by atoms with Crippen molar-refractivity contribution in [2.45, 2.75) is 6.92 Å². The summed E-state index contributed by atoms with van der Waals surface area (Å²) in [6.45, 7) is 1.89. The summed E-state index contributed by atoms with van der Waals surface area (Å²) in [4.78, 5) is 17.0. The van der Waals surface area contributed by atoms with Crippen LogP contribution in [0.15, 0.2) is 41.1 Å². The van der Waals surface area contributed by atoms with Gasteiger partial charge in [-0.05, 0) is 19.1 Å². The zero-order chi connectivity index (χ0) is 14.8. The van der Waals surface area contributed by atoms with E-state index in [2.05, 4.69) is 15.5 Å². The fourth-order valence-electron chi connectivity index (χ4n) is 1.74. The molecule has 3 rings (SSSR count). The zero-order valence-corrected chi connectivity index (χ0v) is 11.8. The number of rotatable bonds is 3. The second kappa shape index (κ2) is 5.45. The molecule has 5 nitrogen and oxygen atoms in total. The monoisotopic (exact) mass is 303 g/mol. The molecule has 3 aromatic rings. The Morgan fingerprint density at radius 2 is 2.24 bits per heavy atom. The molecule has 1 N–H and O–H groups in total. The molecule has 0 unspecified atom stereocenters. The van der Waals surface area contributed by atoms with Gasteiger partial charge in [-0.25, -0.2) is 9.37 Å². The molecule has 0 saturated heterocycles. The molecule has 0 atom stereocenters. The van der Waals surface area contributed by atoms with Crippen molar-refractivity contribution >= 4 is 22.4 Å². The fourth-order valence-corrected chi connectivity index (χ4v) is 2.40. The fraction of sp³-hybridized carbons (Fsp3) is 0.0714. The van der Waals surface area contributed by atoms with Crippen molar-refractivity contribution in [2.24, 2.45) is 0 Å². The lowest BCUT2D eigenvalue weighted by Crippen LogP contribution is -2.10. The molecule has 2 heterocycles. The summed E-state index contributed by atoms with van der Waals surface area (Å²) in [6.07, 6.45) is 1.67. The first kappa shape index (κ1) is 13.4. The topological polar surface area (TPSA) is 68.0 Å². The van der Waals surface area contributed by atoms with Crippen LogP contribution < -0.4 is 5.32 Å². The first-order valence-corrected chi connectivity index (χ1v) is 6.90. The molecular weight excluding hydrogens is 293 g/mol. The minimum atomic E-state index is -0.445. The minimum Gasteiger partial charge on any atom is -0.350 e. The zero-order valence-electron chi connectivity index (χ0n) is 11.0. The summed E-state index contributed by atoms with van der Waals surface area (Å²) in [5.74, 6) is -0.777. The lowest BCUT2D eigenvalue weighted by Gasteiger charge is -1.95. The van der Waals surface area contributed by atoms with E-state index in [1.165, 1.54) is 29.5 Å². The van der Waals surface area contributed by atoms with Crippen LogP contribution in [0, 0.1) is 12.7 Å². The van der Waals surface area contributed by atoms with Crippen LogP contribution in [0.25, 0.3) is 11.3 Å². The lowest BCUT2D eigenvalue weighted by molar-refractivity contribution is 0.0988. The van der Waals surface area contributed by atoms with Crippen LogP contribution in [0.2, 0.25) is 0 Å². The van der Waals surface area contributed by atoms with Gasteiger partial charge in [0.1, 0.15) is 11.5 Å². The normalized spacial score (nSPS) is 10.6. The van der Waals surface area contributed by atoms with Crippen molar-refractivity contribution in [1.29, 1.82) is 0 Å². The van der Waals surface area contributed by atoms with Gasteiger partial charge in [-0.15, -0.1) is 11.3 Å². The molecule has 0 spiro atoms. The van der Waals surface area contributed by atoms with Crippen LogP contribution in [0.4, 0.5) is 9.52 Å². The largest absolute Gasteiger partial charge is 0.350 e. The Labute approximate surface area is 123 Å². The number of aromatic nitrogens is 2. The molecule has 0 aliphatic heterocycles. The quantitative estimate of drug-likeness (QED) is 0.804. The molecule has 0 aliphatic rings. The molecule has 0 aliphatic carbocycles. The molecule has 0 fully saturated rings. The van der Waals surface area contributed by atoms with Crippen molar-refractivity contribution in [1.82, 2.24) is 10.1 Å². The van der Waals surface area contributed by atoms with Crippen molar-refractivity contribution in [3.8, 4) is 11.3 Å². The molecule has 21 heavy (non-hydrogen) atoms. The van der Waals surface area contributed by atoms with Crippen LogP contribution in [-0.2, 0) is 0 Å². The van der Waals surface area contributed by atoms with Crippen LogP contribution in [0.1, 0.15) is 15.4 Å². The molecule has 1 aromatic carbocycles. The predicted octanol–water partition coefficient (Wildman–Crippen LogP) is 3.50. The number of aryl methyl sites for hydroxylation is 1. The minimum absolute atomic E-state index is 0.0436. The Kier molecular flexibility index (Phi) is 3.49. The maximum Gasteiger partial charge on any atom is 0.296 e. The van der Waals surface area contributed by atoms with Crippen LogP contribution in [0.5, 0.6) is 0 Å². The van der Waals surface area contributed by atoms with E-state index in [4.69, 9.17) is 4.52 Å². The Morgan fingerprint density at radius 1 is 1.38 bits per heavy atom. The number of amides is 1. The molecule has 1 amide bonds. The van der Waals surface area contributed by atoms with Gasteiger partial charge >= 0.3 is 0 Å². The number of hydrogen-bond donors (Lipinski definition) is 1. The van der Waals surface area contributed by atoms with Crippen molar-refractivity contribution in [3.05, 3.63) is 53.0 Å². The summed E-state index contributed by atoms with van der Waals surface area (Å²) in [7, 11) is 0. The van der Waals surface area contributed by atoms with E-state index in [-0.39, 0.29) is 11.6 Å². The van der Waals surface area contributed by atoms with Gasteiger partial charge in [-0.2, -0.15) is 0 Å². The Hall–Kier alpha value is -2.54. The van der Waals surface area contributed by atoms with Crippen molar-refractivity contribution in [2.75, 3.05) is 5.32 Å². The van der Waals surface area contributed by atoms with Gasteiger partial charge in [0.2, 0.25) is 5.76 Å². The van der Waals surface area contributed by atoms with Gasteiger partial charge in [0.05, 0.1) is 0 Å². The van der Waals surface area contributed by atoms with E-state index >= 15 is 0 Å². The number of hydrogen-bond acceptors (Lipinski definition) is 5. The highest BCUT2D eigenvalue weighted by Crippen LogP contribution is 2.21. The van der Waals surface area contributed by atoms with E-state index in [9.17, 15) is 9.18 Å². The third-order valence-electron chi connectivity index (χ3n) is 2.70. The van der Waals surface area contributed by atoms with E-state index in [1.807, 2.05) is 6.92 Å². The number of anilines is 1. The number of nitrogens with one attached hydrogen (secondary N) is 1. The molecule has 0 saturated carbocycles. The molecular formula is C14H10FN3O2S. The SMILES string of the molecule is Cc1cnc(NC(=O)c2cc(-c3cccc(F)c3)no2)s1. The molecule has 0 radical (unpaired) electrons. The number of nitrogens with zero attached hydrogens (tertiary/aromatic N) is 2. The Balaban J connectivity index is 1.80. The van der Waals surface area contributed by atoms with E-state index in [0.717, 1.165) is 4.88 Å². The summed E-state index contributed by atoms with van der Waals surface area (Å²) in [5, 5.41) is 6.88. The van der Waals surface area contributed by atoms with E-state index in [0.29, 0.717) is 16.4 Å². The van der Waals surface area contributed by atoms with Gasteiger partial charge < -0.3 is 4.52 Å². The van der Waals surface area contributed by atoms with E-state index < -0.39 is 5.91 Å². The Morgan fingerprint density at radius 3 is 2.95 bits per heavy atom. The third kappa shape index (κ3) is 2.97. The predicted molar refractivity (Wildman–Crippen MR) is 76.7 cm³/mol. The van der Waals surface area contributed by atoms with Crippen molar-refractivity contribution in [3.63, 3.8) is 0 Å². The first-order valence-electron chi connectivity index (χ1n) is 6.08. The van der Waals surface area contributed by atoms with Gasteiger partial charge in [0.25, 0.3) is 5.91 Å². The summed E-state index contributed by atoms with van der Waals surface area (Å²) in [5.41, 5.74) is 0.942. The first-order chi connectivity index (χ1) is 10.1. The maximum atomic E-state index is 13.2. The number of benzene rings is 1. The van der Waals surface area contributed by atoms with E-state index in [1.54, 1.807) is 18.3 Å². The number of carbonyl (C=O) groups is 1. The van der Waals surface area contributed by atoms with Gasteiger partial charge in [-0.3, -0.25) is 10.1 Å². The van der Waals surface area contributed by atoms with Crippen LogP contribution in [0.3, 0.4) is 0 Å². The third-order valence-corrected chi connectivity index (χ3v) is 3.52. The van der Waals surface area contributed by atoms with Crippen LogP contribution in [-0.4, -0.2) is 16.0 Å².